The van der Waals surface area contributed by atoms with Crippen LogP contribution in [0.3, 0.4) is 0 Å². The second kappa shape index (κ2) is 4.18. The number of hydrogen-bond acceptors (Lipinski definition) is 2. The lowest BCUT2D eigenvalue weighted by atomic mass is 10.3. The van der Waals surface area contributed by atoms with Gasteiger partial charge in [0.1, 0.15) is 11.3 Å². The molecule has 0 saturated heterocycles. The molecule has 0 atom stereocenters. The summed E-state index contributed by atoms with van der Waals surface area (Å²) in [5.41, 5.74) is 3.71. The molecule has 3 nitrogen and oxygen atoms in total. The standard InChI is InChI=1S/C13H10ClN3/c14-8-10-4-6-17-9-12(16-13(17)7-10)11-3-1-2-5-15-11/h1-7,9H,8H2. The highest BCUT2D eigenvalue weighted by Crippen LogP contribution is 2.17. The average molecular weight is 244 g/mol. The average Bonchev–Trinajstić information content (AvgIpc) is 2.82. The Morgan fingerprint density at radius 2 is 2.12 bits per heavy atom. The van der Waals surface area contributed by atoms with Crippen LogP contribution in [-0.2, 0) is 5.88 Å². The third-order valence-electron chi connectivity index (χ3n) is 2.61. The monoisotopic (exact) mass is 243 g/mol. The highest BCUT2D eigenvalue weighted by Gasteiger charge is 2.05. The highest BCUT2D eigenvalue weighted by molar-refractivity contribution is 6.17. The van der Waals surface area contributed by atoms with Gasteiger partial charge in [0.15, 0.2) is 0 Å². The molecule has 0 radical (unpaired) electrons. The minimum Gasteiger partial charge on any atom is -0.306 e. The molecule has 0 aliphatic rings. The smallest absolute Gasteiger partial charge is 0.137 e. The fourth-order valence-corrected chi connectivity index (χ4v) is 1.91. The fourth-order valence-electron chi connectivity index (χ4n) is 1.74. The largest absolute Gasteiger partial charge is 0.306 e. The Kier molecular flexibility index (Phi) is 2.53. The Morgan fingerprint density at radius 1 is 1.18 bits per heavy atom. The maximum atomic E-state index is 5.80. The Bertz CT molecular complexity index is 646. The molecular formula is C13H10ClN3. The number of alkyl halides is 1. The van der Waals surface area contributed by atoms with E-state index in [0.717, 1.165) is 22.6 Å². The van der Waals surface area contributed by atoms with E-state index in [0.29, 0.717) is 5.88 Å². The van der Waals surface area contributed by atoms with Crippen molar-refractivity contribution in [3.63, 3.8) is 0 Å². The minimum atomic E-state index is 0.502. The Hall–Kier alpha value is -1.87. The first-order valence-electron chi connectivity index (χ1n) is 5.32. The van der Waals surface area contributed by atoms with Crippen molar-refractivity contribution < 1.29 is 0 Å². The van der Waals surface area contributed by atoms with Crippen molar-refractivity contribution in [3.8, 4) is 11.4 Å². The van der Waals surface area contributed by atoms with Gasteiger partial charge in [-0.3, -0.25) is 4.98 Å². The lowest BCUT2D eigenvalue weighted by Crippen LogP contribution is -1.84. The molecule has 0 spiro atoms. The molecule has 0 aliphatic heterocycles. The third kappa shape index (κ3) is 1.89. The van der Waals surface area contributed by atoms with Crippen molar-refractivity contribution in [1.82, 2.24) is 14.4 Å². The van der Waals surface area contributed by atoms with Crippen LogP contribution in [0.5, 0.6) is 0 Å². The zero-order valence-corrected chi connectivity index (χ0v) is 9.80. The van der Waals surface area contributed by atoms with Gasteiger partial charge in [0.2, 0.25) is 0 Å². The van der Waals surface area contributed by atoms with Crippen molar-refractivity contribution in [1.29, 1.82) is 0 Å². The Morgan fingerprint density at radius 3 is 2.88 bits per heavy atom. The van der Waals surface area contributed by atoms with Gasteiger partial charge in [-0.15, -0.1) is 11.6 Å². The number of rotatable bonds is 2. The molecular weight excluding hydrogens is 234 g/mol. The first-order chi connectivity index (χ1) is 8.36. The molecule has 0 unspecified atom stereocenters. The summed E-state index contributed by atoms with van der Waals surface area (Å²) in [6.07, 6.45) is 5.70. The summed E-state index contributed by atoms with van der Waals surface area (Å²) in [6, 6.07) is 9.77. The predicted octanol–water partition coefficient (Wildman–Crippen LogP) is 3.14. The van der Waals surface area contributed by atoms with E-state index in [2.05, 4.69) is 9.97 Å². The maximum absolute atomic E-state index is 5.80. The van der Waals surface area contributed by atoms with Crippen molar-refractivity contribution in [3.05, 3.63) is 54.5 Å². The SMILES string of the molecule is ClCc1ccn2cc(-c3ccccn3)nc2c1. The van der Waals surface area contributed by atoms with Gasteiger partial charge in [-0.25, -0.2) is 4.98 Å². The van der Waals surface area contributed by atoms with E-state index in [1.807, 2.05) is 47.1 Å². The molecule has 0 aliphatic carbocycles. The van der Waals surface area contributed by atoms with Gasteiger partial charge in [0.25, 0.3) is 0 Å². The highest BCUT2D eigenvalue weighted by atomic mass is 35.5. The Labute approximate surface area is 104 Å². The van der Waals surface area contributed by atoms with E-state index in [9.17, 15) is 0 Å². The van der Waals surface area contributed by atoms with Gasteiger partial charge in [0, 0.05) is 24.5 Å². The molecule has 0 saturated carbocycles. The number of fused-ring (bicyclic) bond motifs is 1. The molecule has 3 rings (SSSR count). The van der Waals surface area contributed by atoms with Crippen LogP contribution in [0.2, 0.25) is 0 Å². The van der Waals surface area contributed by atoms with Crippen molar-refractivity contribution in [2.45, 2.75) is 5.88 Å². The van der Waals surface area contributed by atoms with Crippen LogP contribution in [0.25, 0.3) is 17.0 Å². The molecule has 0 N–H and O–H groups in total. The van der Waals surface area contributed by atoms with Crippen LogP contribution in [0.1, 0.15) is 5.56 Å². The lowest BCUT2D eigenvalue weighted by molar-refractivity contribution is 1.16. The third-order valence-corrected chi connectivity index (χ3v) is 2.91. The molecule has 17 heavy (non-hydrogen) atoms. The van der Waals surface area contributed by atoms with Crippen molar-refractivity contribution in [2.75, 3.05) is 0 Å². The normalized spacial score (nSPS) is 10.9. The van der Waals surface area contributed by atoms with Crippen LogP contribution < -0.4 is 0 Å². The number of nitrogens with zero attached hydrogens (tertiary/aromatic N) is 3. The molecule has 0 aromatic carbocycles. The number of imidazole rings is 1. The Balaban J connectivity index is 2.14. The van der Waals surface area contributed by atoms with E-state index in [4.69, 9.17) is 11.6 Å². The first-order valence-corrected chi connectivity index (χ1v) is 5.85. The molecule has 84 valence electrons. The van der Waals surface area contributed by atoms with E-state index in [1.54, 1.807) is 6.20 Å². The first kappa shape index (κ1) is 10.3. The summed E-state index contributed by atoms with van der Waals surface area (Å²) in [4.78, 5) is 8.82. The number of pyridine rings is 2. The van der Waals surface area contributed by atoms with Crippen molar-refractivity contribution >= 4 is 17.2 Å². The molecule has 4 heteroatoms. The predicted molar refractivity (Wildman–Crippen MR) is 68.0 cm³/mol. The van der Waals surface area contributed by atoms with Gasteiger partial charge in [0.05, 0.1) is 5.69 Å². The second-order valence-electron chi connectivity index (χ2n) is 3.78. The zero-order chi connectivity index (χ0) is 11.7. The minimum absolute atomic E-state index is 0.502. The molecule has 3 aromatic heterocycles. The summed E-state index contributed by atoms with van der Waals surface area (Å²) in [5.74, 6) is 0.502. The van der Waals surface area contributed by atoms with Gasteiger partial charge < -0.3 is 4.40 Å². The summed E-state index contributed by atoms with van der Waals surface area (Å²) < 4.78 is 1.97. The van der Waals surface area contributed by atoms with Crippen LogP contribution >= 0.6 is 11.6 Å². The number of aromatic nitrogens is 3. The van der Waals surface area contributed by atoms with Crippen LogP contribution in [0.4, 0.5) is 0 Å². The lowest BCUT2D eigenvalue weighted by Gasteiger charge is -1.95. The van der Waals surface area contributed by atoms with E-state index >= 15 is 0 Å². The molecule has 3 heterocycles. The van der Waals surface area contributed by atoms with E-state index in [-0.39, 0.29) is 0 Å². The van der Waals surface area contributed by atoms with Crippen molar-refractivity contribution in [2.24, 2.45) is 0 Å². The summed E-state index contributed by atoms with van der Waals surface area (Å²) in [7, 11) is 0. The molecule has 0 amide bonds. The number of hydrogen-bond donors (Lipinski definition) is 0. The van der Waals surface area contributed by atoms with Crippen LogP contribution in [0.15, 0.2) is 48.9 Å². The summed E-state index contributed by atoms with van der Waals surface area (Å²) in [5, 5.41) is 0. The fraction of sp³-hybridized carbons (Fsp3) is 0.0769. The van der Waals surface area contributed by atoms with Gasteiger partial charge in [-0.2, -0.15) is 0 Å². The van der Waals surface area contributed by atoms with Gasteiger partial charge in [-0.1, -0.05) is 6.07 Å². The summed E-state index contributed by atoms with van der Waals surface area (Å²) >= 11 is 5.80. The van der Waals surface area contributed by atoms with E-state index in [1.165, 1.54) is 0 Å². The second-order valence-corrected chi connectivity index (χ2v) is 4.04. The maximum Gasteiger partial charge on any atom is 0.137 e. The van der Waals surface area contributed by atoms with E-state index < -0.39 is 0 Å². The molecule has 0 fully saturated rings. The topological polar surface area (TPSA) is 30.2 Å². The summed E-state index contributed by atoms with van der Waals surface area (Å²) in [6.45, 7) is 0. The zero-order valence-electron chi connectivity index (χ0n) is 9.05. The quantitative estimate of drug-likeness (QED) is 0.648. The van der Waals surface area contributed by atoms with Gasteiger partial charge >= 0.3 is 0 Å². The molecule has 3 aromatic rings. The number of halogens is 1. The van der Waals surface area contributed by atoms with Gasteiger partial charge in [-0.05, 0) is 29.8 Å². The molecule has 0 bridgehead atoms. The van der Waals surface area contributed by atoms with Crippen LogP contribution in [-0.4, -0.2) is 14.4 Å². The van der Waals surface area contributed by atoms with Crippen LogP contribution in [0, 0.1) is 0 Å².